The van der Waals surface area contributed by atoms with Gasteiger partial charge in [-0.2, -0.15) is 14.0 Å². The van der Waals surface area contributed by atoms with Crippen molar-refractivity contribution in [3.8, 4) is 0 Å². The first kappa shape index (κ1) is 12.4. The molecular formula is C7H12ClNO4. The van der Waals surface area contributed by atoms with Gasteiger partial charge >= 0.3 is 0 Å². The topological polar surface area (TPSA) is 92.7 Å². The molecule has 0 amide bonds. The molecule has 0 unspecified atom stereocenters. The Morgan fingerprint density at radius 3 is 2.15 bits per heavy atom. The van der Waals surface area contributed by atoms with Crippen LogP contribution in [0.25, 0.3) is 0 Å². The van der Waals surface area contributed by atoms with Crippen molar-refractivity contribution in [2.24, 2.45) is 0 Å². The average Bonchev–Trinajstić information content (AvgIpc) is 2.03. The Labute approximate surface area is 78.9 Å². The lowest BCUT2D eigenvalue weighted by Gasteiger charge is -2.16. The van der Waals surface area contributed by atoms with Crippen molar-refractivity contribution in [2.75, 3.05) is 13.1 Å². The zero-order chi connectivity index (χ0) is 10.3. The molecule has 6 heteroatoms. The molecule has 0 atom stereocenters. The van der Waals surface area contributed by atoms with Crippen molar-refractivity contribution in [3.05, 3.63) is 24.4 Å². The lowest BCUT2D eigenvalue weighted by Crippen LogP contribution is -2.58. The highest BCUT2D eigenvalue weighted by molar-refractivity contribution is 5.08. The van der Waals surface area contributed by atoms with E-state index in [1.54, 1.807) is 0 Å². The summed E-state index contributed by atoms with van der Waals surface area (Å²) in [6.07, 6.45) is 8.41. The van der Waals surface area contributed by atoms with Crippen molar-refractivity contribution in [2.45, 2.75) is 6.92 Å². The number of hydrogen-bond acceptors (Lipinski definition) is 5. The molecule has 1 N–H and O–H groups in total. The van der Waals surface area contributed by atoms with Crippen molar-refractivity contribution < 1.29 is 28.9 Å². The van der Waals surface area contributed by atoms with Crippen molar-refractivity contribution in [3.63, 3.8) is 0 Å². The zero-order valence-electron chi connectivity index (χ0n) is 7.22. The summed E-state index contributed by atoms with van der Waals surface area (Å²) < 4.78 is 32.7. The van der Waals surface area contributed by atoms with Crippen LogP contribution in [0, 0.1) is 10.2 Å². The van der Waals surface area contributed by atoms with E-state index in [-0.39, 0.29) is 0 Å². The van der Waals surface area contributed by atoms with E-state index >= 15 is 0 Å². The molecule has 0 aromatic rings. The van der Waals surface area contributed by atoms with Gasteiger partial charge in [0.1, 0.15) is 0 Å². The number of likely N-dealkylation sites (N-methyl/N-ethyl adjacent to an activating group) is 1. The highest BCUT2D eigenvalue weighted by atomic mass is 35.7. The van der Waals surface area contributed by atoms with Crippen LogP contribution in [0.4, 0.5) is 0 Å². The molecule has 0 aliphatic carbocycles. The summed E-state index contributed by atoms with van der Waals surface area (Å²) in [4.78, 5) is 2.25. The van der Waals surface area contributed by atoms with Gasteiger partial charge in [-0.05, 0) is 19.2 Å². The quantitative estimate of drug-likeness (QED) is 0.506. The molecule has 0 bridgehead atoms. The van der Waals surface area contributed by atoms with Crippen LogP contribution in [0.2, 0.25) is 0 Å². The molecule has 1 aliphatic rings. The minimum absolute atomic E-state index is 1.08. The van der Waals surface area contributed by atoms with Gasteiger partial charge in [0.15, 0.2) is 0 Å². The summed E-state index contributed by atoms with van der Waals surface area (Å²) in [6, 6.07) is 0. The second kappa shape index (κ2) is 5.95. The third-order valence-electron chi connectivity index (χ3n) is 1.29. The largest absolute Gasteiger partial charge is 0.374 e. The van der Waals surface area contributed by atoms with Gasteiger partial charge in [0.05, 0.1) is 14.9 Å². The number of allylic oxidation sites excluding steroid dienone is 2. The molecule has 0 aromatic carbocycles. The van der Waals surface area contributed by atoms with Crippen LogP contribution in [0.5, 0.6) is 0 Å². The van der Waals surface area contributed by atoms with Crippen LogP contribution in [0.1, 0.15) is 6.92 Å². The molecule has 76 valence electrons. The Morgan fingerprint density at radius 1 is 1.38 bits per heavy atom. The Bertz CT molecular complexity index is 181. The molecule has 1 aliphatic heterocycles. The normalized spacial score (nSPS) is 15.3. The second-order valence-corrected chi connectivity index (χ2v) is 3.05. The minimum Gasteiger partial charge on any atom is -0.374 e. The Morgan fingerprint density at radius 2 is 1.92 bits per heavy atom. The molecule has 13 heavy (non-hydrogen) atoms. The smallest absolute Gasteiger partial charge is 0.0777 e. The molecule has 0 fully saturated rings. The molecule has 5 nitrogen and oxygen atoms in total. The van der Waals surface area contributed by atoms with Crippen LogP contribution in [-0.4, -0.2) is 22.6 Å². The van der Waals surface area contributed by atoms with Gasteiger partial charge in [0.2, 0.25) is 0 Å². The first-order valence-corrected chi connectivity index (χ1v) is 4.90. The van der Waals surface area contributed by atoms with Gasteiger partial charge in [-0.25, -0.2) is 0 Å². The van der Waals surface area contributed by atoms with Crippen molar-refractivity contribution in [1.29, 1.82) is 0 Å². The predicted octanol–water partition coefficient (Wildman–Crippen LogP) is -2.73. The van der Waals surface area contributed by atoms with E-state index in [0.29, 0.717) is 0 Å². The molecule has 0 saturated carbocycles. The Hall–Kier alpha value is -0.590. The Balaban J connectivity index is 0.000000252. The lowest BCUT2D eigenvalue weighted by atomic mass is 10.3. The summed E-state index contributed by atoms with van der Waals surface area (Å²) >= 11 is 0. The van der Waals surface area contributed by atoms with Gasteiger partial charge in [-0.3, -0.25) is 0 Å². The lowest BCUT2D eigenvalue weighted by molar-refractivity contribution is -1.92. The van der Waals surface area contributed by atoms with Crippen molar-refractivity contribution >= 4 is 0 Å². The fraction of sp³-hybridized carbons (Fsp3) is 0.429. The van der Waals surface area contributed by atoms with Crippen LogP contribution in [0.3, 0.4) is 0 Å². The van der Waals surface area contributed by atoms with E-state index in [1.807, 2.05) is 0 Å². The van der Waals surface area contributed by atoms with E-state index in [0.717, 1.165) is 13.1 Å². The number of halogens is 1. The third-order valence-corrected chi connectivity index (χ3v) is 1.29. The summed E-state index contributed by atoms with van der Waals surface area (Å²) in [5.41, 5.74) is 0. The summed E-state index contributed by atoms with van der Waals surface area (Å²) in [7, 11) is -4.69. The molecule has 0 radical (unpaired) electrons. The van der Waals surface area contributed by atoms with E-state index in [2.05, 4.69) is 36.3 Å². The average molecular weight is 210 g/mol. The number of nitrogens with zero attached hydrogens (tertiary/aromatic N) is 1. The molecule has 0 spiro atoms. The molecule has 0 saturated heterocycles. The minimum atomic E-state index is -4.69. The Kier molecular flexibility index (Phi) is 5.68. The highest BCUT2D eigenvalue weighted by Crippen LogP contribution is 1.95. The first-order valence-electron chi connectivity index (χ1n) is 3.64. The molecule has 1 rings (SSSR count). The van der Waals surface area contributed by atoms with Crippen LogP contribution < -0.4 is 14.0 Å². The summed E-state index contributed by atoms with van der Waals surface area (Å²) in [5.74, 6) is 0. The second-order valence-electron chi connectivity index (χ2n) is 2.25. The van der Waals surface area contributed by atoms with Crippen LogP contribution in [-0.2, 0) is 0 Å². The molecular weight excluding hydrogens is 198 g/mol. The van der Waals surface area contributed by atoms with Crippen LogP contribution >= 0.6 is 0 Å². The monoisotopic (exact) mass is 209 g/mol. The van der Waals surface area contributed by atoms with Crippen LogP contribution in [0.15, 0.2) is 24.4 Å². The van der Waals surface area contributed by atoms with Gasteiger partial charge in [-0.1, -0.05) is 12.2 Å². The number of rotatable bonds is 1. The van der Waals surface area contributed by atoms with E-state index in [9.17, 15) is 0 Å². The standard InChI is InChI=1S/C7H11N.ClHO4/c1-2-8-6-4-3-5-7-8;2-1(3,4)5/h3-6H,2,7H2,1H3;(H,2,3,4,5). The first-order chi connectivity index (χ1) is 5.93. The number of hydrogen-bond donors (Lipinski definition) is 1. The summed E-state index contributed by atoms with van der Waals surface area (Å²) in [6.45, 7) is 4.34. The zero-order valence-corrected chi connectivity index (χ0v) is 7.98. The van der Waals surface area contributed by atoms with E-state index in [1.165, 1.54) is 0 Å². The van der Waals surface area contributed by atoms with Gasteiger partial charge in [-0.15, -0.1) is 0 Å². The maximum absolute atomic E-state index is 8.60. The maximum Gasteiger partial charge on any atom is 0.0777 e. The molecule has 0 aromatic heterocycles. The van der Waals surface area contributed by atoms with E-state index < -0.39 is 10.2 Å². The fourth-order valence-electron chi connectivity index (χ4n) is 0.742. The SMILES string of the molecule is CCN1C=CC=CC1.[O-][Cl+3]([O-])([O-])O. The summed E-state index contributed by atoms with van der Waals surface area (Å²) in [5, 5.41) is 0. The van der Waals surface area contributed by atoms with Gasteiger partial charge in [0, 0.05) is 13.1 Å². The van der Waals surface area contributed by atoms with Crippen molar-refractivity contribution in [1.82, 2.24) is 4.90 Å². The van der Waals surface area contributed by atoms with Gasteiger partial charge < -0.3 is 4.90 Å². The van der Waals surface area contributed by atoms with E-state index in [4.69, 9.17) is 18.6 Å². The fourth-order valence-corrected chi connectivity index (χ4v) is 0.742. The molecule has 1 heterocycles. The maximum atomic E-state index is 8.60. The van der Waals surface area contributed by atoms with Gasteiger partial charge in [0.25, 0.3) is 0 Å². The third kappa shape index (κ3) is 11.4. The highest BCUT2D eigenvalue weighted by Gasteiger charge is 1.98. The predicted molar refractivity (Wildman–Crippen MR) is 37.7 cm³/mol.